The van der Waals surface area contributed by atoms with Crippen LogP contribution in [0.3, 0.4) is 0 Å². The molecular weight excluding hydrogens is 512 g/mol. The largest absolute Gasteiger partial charge is 0.486 e. The summed E-state index contributed by atoms with van der Waals surface area (Å²) in [4.78, 5) is 26.7. The van der Waals surface area contributed by atoms with Crippen LogP contribution in [-0.2, 0) is 20.9 Å². The molecule has 1 aliphatic rings. The molecule has 0 amide bonds. The van der Waals surface area contributed by atoms with E-state index >= 15 is 0 Å². The van der Waals surface area contributed by atoms with Crippen molar-refractivity contribution in [1.29, 1.82) is 10.8 Å². The number of amidine groups is 2. The fraction of sp³-hybridized carbons (Fsp3) is 0.267. The number of hydrogen-bond donors (Lipinski definition) is 3. The third kappa shape index (κ3) is 7.83. The monoisotopic (exact) mass is 544 g/mol. The second-order valence-electron chi connectivity index (χ2n) is 9.11. The molecule has 0 spiro atoms. The van der Waals surface area contributed by atoms with Crippen molar-refractivity contribution in [2.45, 2.75) is 19.4 Å². The number of carbonyl (C=O) groups is 2. The Morgan fingerprint density at radius 3 is 2.15 bits per heavy atom. The summed E-state index contributed by atoms with van der Waals surface area (Å²) >= 11 is 0. The summed E-state index contributed by atoms with van der Waals surface area (Å²) in [5.74, 6) is -0.278. The molecule has 208 valence electrons. The smallest absolute Gasteiger partial charge is 0.344 e. The molecule has 0 radical (unpaired) electrons. The van der Waals surface area contributed by atoms with Gasteiger partial charge in [0, 0.05) is 24.2 Å². The van der Waals surface area contributed by atoms with Crippen LogP contribution in [0.2, 0.25) is 0 Å². The first kappa shape index (κ1) is 28.2. The van der Waals surface area contributed by atoms with E-state index in [1.54, 1.807) is 36.4 Å². The summed E-state index contributed by atoms with van der Waals surface area (Å²) in [7, 11) is 0. The Kier molecular flexibility index (Phi) is 9.71. The van der Waals surface area contributed by atoms with Crippen LogP contribution in [0.5, 0.6) is 11.5 Å². The molecular formula is C30H32N4O6. The van der Waals surface area contributed by atoms with Crippen molar-refractivity contribution in [3.8, 4) is 11.5 Å². The van der Waals surface area contributed by atoms with Gasteiger partial charge in [-0.1, -0.05) is 42.5 Å². The number of esters is 2. The van der Waals surface area contributed by atoms with E-state index in [0.717, 1.165) is 37.1 Å². The number of carbonyl (C=O) groups excluding carboxylic acids is 2. The van der Waals surface area contributed by atoms with Crippen molar-refractivity contribution in [1.82, 2.24) is 4.90 Å². The van der Waals surface area contributed by atoms with Gasteiger partial charge in [0.15, 0.2) is 18.1 Å². The van der Waals surface area contributed by atoms with Crippen molar-refractivity contribution in [2.75, 3.05) is 32.9 Å². The number of ether oxygens (including phenoxy) is 4. The van der Waals surface area contributed by atoms with Crippen LogP contribution >= 0.6 is 0 Å². The molecule has 1 saturated heterocycles. The maximum atomic E-state index is 12.5. The number of likely N-dealkylation sites (tertiary alicyclic amines) is 1. The Balaban J connectivity index is 1.27. The minimum atomic E-state index is -0.555. The Morgan fingerprint density at radius 2 is 1.45 bits per heavy atom. The molecule has 0 atom stereocenters. The van der Waals surface area contributed by atoms with E-state index in [-0.39, 0.29) is 43.8 Å². The van der Waals surface area contributed by atoms with Gasteiger partial charge in [-0.2, -0.15) is 0 Å². The Bertz CT molecular complexity index is 1340. The van der Waals surface area contributed by atoms with Gasteiger partial charge in [-0.05, 0) is 48.7 Å². The van der Waals surface area contributed by atoms with Crippen LogP contribution in [0.1, 0.15) is 39.9 Å². The first-order valence-corrected chi connectivity index (χ1v) is 13.0. The number of hydrogen-bond acceptors (Lipinski definition) is 8. The van der Waals surface area contributed by atoms with E-state index < -0.39 is 11.9 Å². The number of nitrogens with one attached hydrogen (secondary N) is 2. The predicted octanol–water partition coefficient (Wildman–Crippen LogP) is 3.75. The summed E-state index contributed by atoms with van der Waals surface area (Å²) in [6.45, 7) is 1.49. The standard InChI is InChI=1S/C30H32N4O6/c31-28(32)24-12-13-25(39-20-27(35)40-19-21-6-2-1-3-7-21)26(18-24)37-16-17-38-30(36)23-10-8-22(9-11-23)29(33)34-14-4-5-15-34/h1-3,6-13,18,33H,4-5,14-17,19-20H2,(H3,31,32). The lowest BCUT2D eigenvalue weighted by Gasteiger charge is -2.18. The molecule has 40 heavy (non-hydrogen) atoms. The Labute approximate surface area is 232 Å². The maximum absolute atomic E-state index is 12.5. The first-order valence-electron chi connectivity index (χ1n) is 13.0. The molecule has 4 rings (SSSR count). The maximum Gasteiger partial charge on any atom is 0.344 e. The normalized spacial score (nSPS) is 12.4. The van der Waals surface area contributed by atoms with Crippen LogP contribution in [0.25, 0.3) is 0 Å². The van der Waals surface area contributed by atoms with Crippen molar-refractivity contribution < 1.29 is 28.5 Å². The van der Waals surface area contributed by atoms with Crippen LogP contribution < -0.4 is 15.2 Å². The van der Waals surface area contributed by atoms with E-state index in [0.29, 0.717) is 17.0 Å². The summed E-state index contributed by atoms with van der Waals surface area (Å²) in [5.41, 5.74) is 7.99. The van der Waals surface area contributed by atoms with Crippen LogP contribution in [0.15, 0.2) is 72.8 Å². The highest BCUT2D eigenvalue weighted by molar-refractivity contribution is 5.98. The first-order chi connectivity index (χ1) is 19.4. The zero-order chi connectivity index (χ0) is 28.3. The van der Waals surface area contributed by atoms with Gasteiger partial charge in [-0.25, -0.2) is 9.59 Å². The molecule has 1 heterocycles. The van der Waals surface area contributed by atoms with E-state index in [1.165, 1.54) is 6.07 Å². The lowest BCUT2D eigenvalue weighted by Crippen LogP contribution is -2.27. The van der Waals surface area contributed by atoms with Crippen molar-refractivity contribution in [2.24, 2.45) is 5.73 Å². The summed E-state index contributed by atoms with van der Waals surface area (Å²) in [6.07, 6.45) is 2.17. The molecule has 0 aromatic heterocycles. The number of nitrogens with zero attached hydrogens (tertiary/aromatic N) is 1. The quantitative estimate of drug-likeness (QED) is 0.135. The zero-order valence-electron chi connectivity index (χ0n) is 22.1. The minimum Gasteiger partial charge on any atom is -0.486 e. The van der Waals surface area contributed by atoms with E-state index in [2.05, 4.69) is 0 Å². The molecule has 0 unspecified atom stereocenters. The summed E-state index contributed by atoms with van der Waals surface area (Å²) < 4.78 is 21.9. The average Bonchev–Trinajstić information content (AvgIpc) is 3.53. The minimum absolute atomic E-state index is 0.000396. The second kappa shape index (κ2) is 13.8. The summed E-state index contributed by atoms with van der Waals surface area (Å²) in [6, 6.07) is 20.7. The molecule has 3 aromatic carbocycles. The molecule has 0 saturated carbocycles. The highest BCUT2D eigenvalue weighted by atomic mass is 16.6. The van der Waals surface area contributed by atoms with Crippen molar-refractivity contribution in [3.05, 3.63) is 95.1 Å². The predicted molar refractivity (Wildman–Crippen MR) is 149 cm³/mol. The Morgan fingerprint density at radius 1 is 0.775 bits per heavy atom. The summed E-state index contributed by atoms with van der Waals surface area (Å²) in [5, 5.41) is 16.0. The number of rotatable bonds is 12. The highest BCUT2D eigenvalue weighted by Gasteiger charge is 2.17. The molecule has 1 aliphatic heterocycles. The number of nitrogen functional groups attached to an aromatic ring is 1. The van der Waals surface area contributed by atoms with E-state index in [9.17, 15) is 9.59 Å². The molecule has 10 heteroatoms. The van der Waals surface area contributed by atoms with Gasteiger partial charge in [-0.15, -0.1) is 0 Å². The van der Waals surface area contributed by atoms with Gasteiger partial charge in [0.1, 0.15) is 31.5 Å². The van der Waals surface area contributed by atoms with Gasteiger partial charge in [-0.3, -0.25) is 10.8 Å². The van der Waals surface area contributed by atoms with Crippen molar-refractivity contribution >= 4 is 23.6 Å². The van der Waals surface area contributed by atoms with Crippen LogP contribution in [0, 0.1) is 10.8 Å². The van der Waals surface area contributed by atoms with Crippen LogP contribution in [0.4, 0.5) is 0 Å². The number of nitrogens with two attached hydrogens (primary N) is 1. The SMILES string of the molecule is N=C(N)c1ccc(OCC(=O)OCc2ccccc2)c(OCCOC(=O)c2ccc(C(=N)N3CCCC3)cc2)c1. The highest BCUT2D eigenvalue weighted by Crippen LogP contribution is 2.28. The molecule has 0 aliphatic carbocycles. The van der Waals surface area contributed by atoms with Gasteiger partial charge in [0.2, 0.25) is 0 Å². The average molecular weight is 545 g/mol. The molecule has 4 N–H and O–H groups in total. The topological polar surface area (TPSA) is 148 Å². The van der Waals surface area contributed by atoms with Gasteiger partial charge in [0.05, 0.1) is 5.56 Å². The zero-order valence-corrected chi connectivity index (χ0v) is 22.1. The fourth-order valence-corrected chi connectivity index (χ4v) is 4.08. The lowest BCUT2D eigenvalue weighted by molar-refractivity contribution is -0.147. The molecule has 0 bridgehead atoms. The van der Waals surface area contributed by atoms with E-state index in [1.807, 2.05) is 35.2 Å². The third-order valence-corrected chi connectivity index (χ3v) is 6.23. The second-order valence-corrected chi connectivity index (χ2v) is 9.11. The van der Waals surface area contributed by atoms with Gasteiger partial charge in [0.25, 0.3) is 0 Å². The third-order valence-electron chi connectivity index (χ3n) is 6.23. The van der Waals surface area contributed by atoms with E-state index in [4.69, 9.17) is 35.5 Å². The van der Waals surface area contributed by atoms with Crippen molar-refractivity contribution in [3.63, 3.8) is 0 Å². The lowest BCUT2D eigenvalue weighted by atomic mass is 10.1. The molecule has 10 nitrogen and oxygen atoms in total. The van der Waals surface area contributed by atoms with Crippen LogP contribution in [-0.4, -0.2) is 61.4 Å². The Hall–Kier alpha value is -4.86. The van der Waals surface area contributed by atoms with Gasteiger partial charge < -0.3 is 29.6 Å². The molecule has 3 aromatic rings. The molecule has 1 fully saturated rings. The number of benzene rings is 3. The fourth-order valence-electron chi connectivity index (χ4n) is 4.08. The van der Waals surface area contributed by atoms with Gasteiger partial charge >= 0.3 is 11.9 Å².